The Labute approximate surface area is 611 Å². The summed E-state index contributed by atoms with van der Waals surface area (Å²) in [5, 5.41) is 13.2. The third kappa shape index (κ3) is 22.4. The van der Waals surface area contributed by atoms with Crippen LogP contribution in [-0.4, -0.2) is 233 Å². The van der Waals surface area contributed by atoms with Crippen LogP contribution < -0.4 is 26.2 Å². The largest absolute Gasteiger partial charge is 0.350 e. The van der Waals surface area contributed by atoms with Crippen molar-refractivity contribution in [2.75, 3.05) is 90.2 Å². The summed E-state index contributed by atoms with van der Waals surface area (Å²) in [6.45, 7) is 0.276. The summed E-state index contributed by atoms with van der Waals surface area (Å²) in [7, 11) is -37.2. The van der Waals surface area contributed by atoms with Gasteiger partial charge >= 0.3 is 0 Å². The fourth-order valence-electron chi connectivity index (χ4n) is 12.4. The molecule has 0 bridgehead atoms. The molecule has 0 radical (unpaired) electrons. The van der Waals surface area contributed by atoms with Gasteiger partial charge in [-0.05, 0) is 128 Å². The van der Waals surface area contributed by atoms with Gasteiger partial charge in [-0.1, -0.05) is 6.08 Å². The van der Waals surface area contributed by atoms with Gasteiger partial charge in [0.25, 0.3) is 105 Å². The standard InChI is InChI=1S/C59H70N8O28S10/c1-58(12-4-22-98(72,73)74)42-34-40(36-30-44(54(68)60-14-26-102(84,85)86)64-45(31-36)55(69)61-15-27-103(87,88)89)52-38(10-20-96-52)50(42)66(18-6-24-100(78,79)80)48(58)8-3-9-49-59(2,13-5-23-99(75,76)77)43-35-41(53-39(11-21-97-53)51(43)67(49)19-7-25-101(81,82)83)37-32-46(56(70)62-16-28-104(90,91)92)65-47(33-37)57(71)63-17-29-105(93,94)95/h3,8-11,20-21,30-35H,4-7,12-19,22-29H2,1-2H3,(H11-,60,61,62,63,68,69,70,71,72,73,74,75,76,77,78,79,80,81,82,83,84,85,86,87,88,89,90,91,92,93,94,95)/p+1. The quantitative estimate of drug-likeness (QED) is 0.0198. The van der Waals surface area contributed by atoms with Gasteiger partial charge in [-0.15, -0.1) is 22.7 Å². The van der Waals surface area contributed by atoms with Crippen LogP contribution in [0.15, 0.2) is 83.2 Å². The predicted molar refractivity (Wildman–Crippen MR) is 388 cm³/mol. The summed E-state index contributed by atoms with van der Waals surface area (Å²) in [4.78, 5) is 65.2. The number of fused-ring (bicyclic) bond motifs is 6. The molecule has 6 aromatic rings. The molecule has 12 N–H and O–H groups in total. The van der Waals surface area contributed by atoms with E-state index in [1.165, 1.54) is 30.3 Å². The summed E-state index contributed by atoms with van der Waals surface area (Å²) >= 11 is 2.24. The number of rotatable bonds is 36. The maximum absolute atomic E-state index is 13.8. The molecule has 574 valence electrons. The molecular weight excluding hydrogens is 1590 g/mol. The van der Waals surface area contributed by atoms with Crippen molar-refractivity contribution in [2.24, 2.45) is 0 Å². The smallest absolute Gasteiger partial charge is 0.269 e. The first-order chi connectivity index (χ1) is 48.4. The lowest BCUT2D eigenvalue weighted by Crippen LogP contribution is -2.32. The van der Waals surface area contributed by atoms with Crippen LogP contribution in [0.4, 0.5) is 11.4 Å². The number of pyridine rings is 2. The summed E-state index contributed by atoms with van der Waals surface area (Å²) < 4.78 is 274. The first-order valence-corrected chi connectivity index (χ1v) is 45.8. The van der Waals surface area contributed by atoms with Crippen LogP contribution in [0.3, 0.4) is 0 Å². The van der Waals surface area contributed by atoms with Crippen LogP contribution in [0.25, 0.3) is 42.4 Å². The van der Waals surface area contributed by atoms with Crippen LogP contribution in [0, 0.1) is 0 Å². The van der Waals surface area contributed by atoms with Crippen molar-refractivity contribution in [3.05, 3.63) is 117 Å². The highest BCUT2D eigenvalue weighted by Gasteiger charge is 2.50. The average molecular weight is 1660 g/mol. The molecule has 36 nitrogen and oxygen atoms in total. The lowest BCUT2D eigenvalue weighted by atomic mass is 9.74. The average Bonchev–Trinajstić information content (AvgIpc) is 1.56. The lowest BCUT2D eigenvalue weighted by Gasteiger charge is -2.30. The number of thiophene rings is 2. The van der Waals surface area contributed by atoms with E-state index in [1.807, 2.05) is 0 Å². The Morgan fingerprint density at radius 1 is 0.467 bits per heavy atom. The van der Waals surface area contributed by atoms with E-state index >= 15 is 0 Å². The molecule has 2 aliphatic rings. The Balaban J connectivity index is 1.38. The van der Waals surface area contributed by atoms with E-state index in [2.05, 4.69) is 31.2 Å². The molecule has 0 aliphatic carbocycles. The number of allylic oxidation sites excluding steroid dienone is 4. The van der Waals surface area contributed by atoms with Crippen molar-refractivity contribution in [3.63, 3.8) is 0 Å². The second-order valence-electron chi connectivity index (χ2n) is 24.7. The predicted octanol–water partition coefficient (Wildman–Crippen LogP) is 3.18. The van der Waals surface area contributed by atoms with E-state index in [9.17, 15) is 123 Å². The van der Waals surface area contributed by atoms with Crippen molar-refractivity contribution in [3.8, 4) is 22.3 Å². The van der Waals surface area contributed by atoms with Crippen LogP contribution in [0.2, 0.25) is 0 Å². The Kier molecular flexibility index (Phi) is 25.7. The zero-order valence-electron chi connectivity index (χ0n) is 55.3. The van der Waals surface area contributed by atoms with Crippen LogP contribution >= 0.6 is 22.7 Å². The molecule has 0 spiro atoms. The minimum atomic E-state index is -4.70. The van der Waals surface area contributed by atoms with E-state index in [0.29, 0.717) is 42.7 Å². The number of anilines is 1. The number of nitrogens with zero attached hydrogens (tertiary/aromatic N) is 4. The maximum atomic E-state index is 13.8. The number of amides is 4. The van der Waals surface area contributed by atoms with Gasteiger partial charge in [0.1, 0.15) is 29.3 Å². The number of hydrogen-bond acceptors (Lipinski definition) is 25. The molecule has 2 aromatic carbocycles. The van der Waals surface area contributed by atoms with E-state index in [4.69, 9.17) is 0 Å². The van der Waals surface area contributed by atoms with E-state index in [0.717, 1.165) is 22.7 Å². The number of benzene rings is 2. The number of aromatic nitrogens is 2. The molecule has 2 atom stereocenters. The van der Waals surface area contributed by atoms with Gasteiger partial charge in [-0.3, -0.25) is 55.6 Å². The van der Waals surface area contributed by atoms with Crippen molar-refractivity contribution in [1.29, 1.82) is 0 Å². The second kappa shape index (κ2) is 32.3. The van der Waals surface area contributed by atoms with E-state index in [1.54, 1.807) is 70.5 Å². The Morgan fingerprint density at radius 3 is 1.22 bits per heavy atom. The topological polar surface area (TPSA) is 583 Å². The summed E-state index contributed by atoms with van der Waals surface area (Å²) in [5.74, 6) is -11.3. The summed E-state index contributed by atoms with van der Waals surface area (Å²) in [6, 6.07) is 11.4. The Hall–Kier alpha value is -7.23. The zero-order valence-corrected chi connectivity index (χ0v) is 63.4. The number of carbonyl (C=O) groups excluding carboxylic acids is 4. The van der Waals surface area contributed by atoms with Crippen LogP contribution in [-0.2, 0) is 91.8 Å². The molecule has 0 fully saturated rings. The van der Waals surface area contributed by atoms with Gasteiger partial charge in [0, 0.05) is 87.8 Å². The molecule has 8 rings (SSSR count). The van der Waals surface area contributed by atoms with Gasteiger partial charge in [-0.2, -0.15) is 71.9 Å². The highest BCUT2D eigenvalue weighted by Crippen LogP contribution is 2.57. The number of carbonyl (C=O) groups is 4. The molecule has 0 saturated carbocycles. The second-order valence-corrected chi connectivity index (χ2v) is 39.1. The highest BCUT2D eigenvalue weighted by molar-refractivity contribution is 7.87. The van der Waals surface area contributed by atoms with Gasteiger partial charge in [-0.25, -0.2) is 9.97 Å². The van der Waals surface area contributed by atoms with Gasteiger partial charge in [0.05, 0.1) is 62.5 Å². The molecule has 4 amide bonds. The summed E-state index contributed by atoms with van der Waals surface area (Å²) in [5.41, 5.74) is -2.45. The molecule has 105 heavy (non-hydrogen) atoms. The molecular formula is C59H71N8O28S10+. The molecule has 2 aliphatic heterocycles. The number of nitrogens with one attached hydrogen (secondary N) is 4. The highest BCUT2D eigenvalue weighted by atomic mass is 32.3. The zero-order chi connectivity index (χ0) is 77.8. The van der Waals surface area contributed by atoms with Gasteiger partial charge < -0.3 is 26.2 Å². The minimum absolute atomic E-state index is 0.0569. The minimum Gasteiger partial charge on any atom is -0.350 e. The first kappa shape index (κ1) is 83.4. The SMILES string of the molecule is CC1(CCCS(=O)(=O)O)C(/C=C/C=C2/N(CCCS(=O)(=O)O)c3c(cc(-c4cc(C(=O)NCCS(=O)(=O)O)nc(C(=O)NCCS(=O)(=O)O)c4)c4sccc34)C2(C)CCCS(=O)(=O)O)=[N+](CCCS(=O)(=O)O)c2c1cc(-c1cc(C(=O)NCCS(=O)(=O)O)nc(C(=O)NCCS(=O)(=O)O)c1)c1sccc21. The van der Waals surface area contributed by atoms with Gasteiger partial charge in [0.15, 0.2) is 5.71 Å². The van der Waals surface area contributed by atoms with E-state index in [-0.39, 0.29) is 85.3 Å². The molecule has 0 saturated heterocycles. The van der Waals surface area contributed by atoms with Crippen LogP contribution in [0.5, 0.6) is 0 Å². The fourth-order valence-corrected chi connectivity index (χ4v) is 17.7. The lowest BCUT2D eigenvalue weighted by molar-refractivity contribution is -0.435. The molecule has 46 heteroatoms. The van der Waals surface area contributed by atoms with Crippen molar-refractivity contribution >= 4 is 165 Å². The third-order valence-corrected chi connectivity index (χ3v) is 24.9. The van der Waals surface area contributed by atoms with Crippen molar-refractivity contribution in [1.82, 2.24) is 31.2 Å². The first-order valence-electron chi connectivity index (χ1n) is 31.1. The van der Waals surface area contributed by atoms with E-state index < -0.39 is 210 Å². The fraction of sp³-hybridized carbons (Fsp3) is 0.407. The maximum Gasteiger partial charge on any atom is 0.269 e. The normalized spacial score (nSPS) is 17.2. The Morgan fingerprint density at radius 2 is 0.819 bits per heavy atom. The molecule has 4 aromatic heterocycles. The van der Waals surface area contributed by atoms with Crippen molar-refractivity contribution in [2.45, 2.75) is 63.2 Å². The molecule has 6 heterocycles. The number of hydrogen-bond donors (Lipinski definition) is 12. The Bertz CT molecular complexity index is 5410. The van der Waals surface area contributed by atoms with Gasteiger partial charge in [0.2, 0.25) is 5.69 Å². The summed E-state index contributed by atoms with van der Waals surface area (Å²) in [6.07, 6.45) is 3.13. The monoisotopic (exact) mass is 1660 g/mol. The van der Waals surface area contributed by atoms with Crippen LogP contribution in [0.1, 0.15) is 105 Å². The molecule has 2 unspecified atom stereocenters. The third-order valence-electron chi connectivity index (χ3n) is 16.9. The van der Waals surface area contributed by atoms with Crippen molar-refractivity contribution < 1.29 is 128 Å².